The number of aromatic amines is 1. The summed E-state index contributed by atoms with van der Waals surface area (Å²) in [5, 5.41) is 9.11. The van der Waals surface area contributed by atoms with E-state index in [-0.39, 0.29) is 29.6 Å². The number of aliphatic hydroxyl groups is 1. The molecule has 17 heavy (non-hydrogen) atoms. The van der Waals surface area contributed by atoms with E-state index >= 15 is 0 Å². The smallest absolute Gasteiger partial charge is 0.260 e. The first-order valence-corrected chi connectivity index (χ1v) is 5.80. The number of nitrogens with one attached hydrogen (secondary N) is 1. The molecule has 2 N–H and O–H groups in total. The van der Waals surface area contributed by atoms with Crippen LogP contribution in [0.25, 0.3) is 0 Å². The lowest BCUT2D eigenvalue weighted by Crippen LogP contribution is -2.42. The second kappa shape index (κ2) is 5.14. The predicted molar refractivity (Wildman–Crippen MR) is 62.8 cm³/mol. The van der Waals surface area contributed by atoms with Crippen LogP contribution in [0.4, 0.5) is 0 Å². The van der Waals surface area contributed by atoms with Gasteiger partial charge in [-0.1, -0.05) is 0 Å². The number of pyridine rings is 1. The molecule has 1 atom stereocenters. The van der Waals surface area contributed by atoms with Crippen molar-refractivity contribution in [1.29, 1.82) is 0 Å². The molecule has 1 aromatic rings. The van der Waals surface area contributed by atoms with Crippen LogP contribution in [0.15, 0.2) is 23.1 Å². The Hall–Kier alpha value is -1.62. The number of aromatic nitrogens is 1. The minimum atomic E-state index is -0.358. The van der Waals surface area contributed by atoms with Crippen LogP contribution in [0.3, 0.4) is 0 Å². The van der Waals surface area contributed by atoms with Crippen molar-refractivity contribution in [2.45, 2.75) is 12.8 Å². The van der Waals surface area contributed by atoms with Gasteiger partial charge in [0.2, 0.25) is 0 Å². The van der Waals surface area contributed by atoms with Crippen LogP contribution in [0.5, 0.6) is 0 Å². The van der Waals surface area contributed by atoms with Gasteiger partial charge in [-0.3, -0.25) is 9.59 Å². The fraction of sp³-hybridized carbons (Fsp3) is 0.500. The minimum absolute atomic E-state index is 0.0922. The lowest BCUT2D eigenvalue weighted by atomic mass is 9.98. The van der Waals surface area contributed by atoms with Gasteiger partial charge in [-0.15, -0.1) is 0 Å². The number of H-pyrrole nitrogens is 1. The highest BCUT2D eigenvalue weighted by atomic mass is 16.3. The van der Waals surface area contributed by atoms with Crippen molar-refractivity contribution in [3.8, 4) is 0 Å². The van der Waals surface area contributed by atoms with Crippen molar-refractivity contribution in [3.63, 3.8) is 0 Å². The second-order valence-electron chi connectivity index (χ2n) is 4.35. The Labute approximate surface area is 99.1 Å². The van der Waals surface area contributed by atoms with Gasteiger partial charge in [0.15, 0.2) is 0 Å². The molecule has 0 radical (unpaired) electrons. The van der Waals surface area contributed by atoms with Gasteiger partial charge < -0.3 is 15.0 Å². The van der Waals surface area contributed by atoms with Crippen LogP contribution in [-0.2, 0) is 0 Å². The fourth-order valence-electron chi connectivity index (χ4n) is 2.16. The standard InChI is InChI=1S/C12H16N2O3/c15-8-9-3-2-6-14(7-9)12(17)10-4-1-5-13-11(10)16/h1,4-5,9,15H,2-3,6-8H2,(H,13,16)/t9-/m0/s1. The molecule has 92 valence electrons. The number of carbonyl (C=O) groups excluding carboxylic acids is 1. The molecular formula is C12H16N2O3. The average molecular weight is 236 g/mol. The molecule has 0 bridgehead atoms. The number of amides is 1. The van der Waals surface area contributed by atoms with Gasteiger partial charge in [0.05, 0.1) is 0 Å². The number of hydrogen-bond acceptors (Lipinski definition) is 3. The molecule has 1 aliphatic rings. The Morgan fingerprint density at radius 2 is 2.41 bits per heavy atom. The number of piperidine rings is 1. The van der Waals surface area contributed by atoms with Gasteiger partial charge in [-0.2, -0.15) is 0 Å². The number of nitrogens with zero attached hydrogens (tertiary/aromatic N) is 1. The van der Waals surface area contributed by atoms with Crippen molar-refractivity contribution in [1.82, 2.24) is 9.88 Å². The summed E-state index contributed by atoms with van der Waals surface area (Å²) in [6.07, 6.45) is 3.32. The van der Waals surface area contributed by atoms with Crippen molar-refractivity contribution < 1.29 is 9.90 Å². The minimum Gasteiger partial charge on any atom is -0.396 e. The summed E-state index contributed by atoms with van der Waals surface area (Å²) in [7, 11) is 0. The number of aliphatic hydroxyl groups excluding tert-OH is 1. The van der Waals surface area contributed by atoms with Crippen LogP contribution in [0, 0.1) is 5.92 Å². The lowest BCUT2D eigenvalue weighted by molar-refractivity contribution is 0.0619. The van der Waals surface area contributed by atoms with E-state index in [0.717, 1.165) is 12.8 Å². The fourth-order valence-corrected chi connectivity index (χ4v) is 2.16. The summed E-state index contributed by atoms with van der Waals surface area (Å²) in [6, 6.07) is 3.17. The van der Waals surface area contributed by atoms with E-state index in [1.54, 1.807) is 11.0 Å². The lowest BCUT2D eigenvalue weighted by Gasteiger charge is -2.31. The maximum atomic E-state index is 12.1. The monoisotopic (exact) mass is 236 g/mol. The Balaban J connectivity index is 2.15. The summed E-state index contributed by atoms with van der Waals surface area (Å²) < 4.78 is 0. The first-order valence-electron chi connectivity index (χ1n) is 5.80. The summed E-state index contributed by atoms with van der Waals surface area (Å²) in [5.41, 5.74) is -0.185. The summed E-state index contributed by atoms with van der Waals surface area (Å²) in [4.78, 5) is 27.7. The molecule has 1 amide bonds. The van der Waals surface area contributed by atoms with Crippen LogP contribution in [0.1, 0.15) is 23.2 Å². The first-order chi connectivity index (χ1) is 8.22. The summed E-state index contributed by atoms with van der Waals surface area (Å²) in [5.74, 6) is -0.111. The molecule has 0 spiro atoms. The number of likely N-dealkylation sites (tertiary alicyclic amines) is 1. The zero-order valence-corrected chi connectivity index (χ0v) is 9.56. The number of rotatable bonds is 2. The molecule has 1 saturated heterocycles. The molecular weight excluding hydrogens is 220 g/mol. The van der Waals surface area contributed by atoms with E-state index in [1.807, 2.05) is 0 Å². The van der Waals surface area contributed by atoms with Gasteiger partial charge in [-0.25, -0.2) is 0 Å². The topological polar surface area (TPSA) is 73.4 Å². The van der Waals surface area contributed by atoms with E-state index in [9.17, 15) is 9.59 Å². The third-order valence-electron chi connectivity index (χ3n) is 3.11. The van der Waals surface area contributed by atoms with E-state index in [1.165, 1.54) is 12.3 Å². The normalized spacial score (nSPS) is 20.3. The molecule has 2 heterocycles. The highest BCUT2D eigenvalue weighted by Crippen LogP contribution is 2.17. The van der Waals surface area contributed by atoms with Crippen molar-refractivity contribution in [2.75, 3.05) is 19.7 Å². The molecule has 5 heteroatoms. The highest BCUT2D eigenvalue weighted by molar-refractivity contribution is 5.93. The van der Waals surface area contributed by atoms with E-state index < -0.39 is 0 Å². The third-order valence-corrected chi connectivity index (χ3v) is 3.11. The van der Waals surface area contributed by atoms with Crippen molar-refractivity contribution >= 4 is 5.91 Å². The maximum Gasteiger partial charge on any atom is 0.260 e. The number of carbonyl (C=O) groups is 1. The highest BCUT2D eigenvalue weighted by Gasteiger charge is 2.25. The largest absolute Gasteiger partial charge is 0.396 e. The van der Waals surface area contributed by atoms with Crippen LogP contribution in [0.2, 0.25) is 0 Å². The maximum absolute atomic E-state index is 12.1. The van der Waals surface area contributed by atoms with E-state index in [4.69, 9.17) is 5.11 Å². The van der Waals surface area contributed by atoms with Crippen LogP contribution >= 0.6 is 0 Å². The van der Waals surface area contributed by atoms with Crippen molar-refractivity contribution in [3.05, 3.63) is 34.2 Å². The van der Waals surface area contributed by atoms with E-state index in [2.05, 4.69) is 4.98 Å². The Morgan fingerprint density at radius 3 is 3.12 bits per heavy atom. The van der Waals surface area contributed by atoms with Gasteiger partial charge in [0.25, 0.3) is 11.5 Å². The molecule has 0 aromatic carbocycles. The molecule has 0 aliphatic carbocycles. The zero-order chi connectivity index (χ0) is 12.3. The average Bonchev–Trinajstić information content (AvgIpc) is 2.38. The molecule has 1 fully saturated rings. The number of hydrogen-bond donors (Lipinski definition) is 2. The predicted octanol–water partition coefficient (Wildman–Crippen LogP) is 0.219. The zero-order valence-electron chi connectivity index (χ0n) is 9.56. The Bertz CT molecular complexity index is 455. The SMILES string of the molecule is O=C(c1ccc[nH]c1=O)N1CCC[C@H](CO)C1. The summed E-state index contributed by atoms with van der Waals surface area (Å²) >= 11 is 0. The molecule has 0 saturated carbocycles. The summed E-state index contributed by atoms with van der Waals surface area (Å²) in [6.45, 7) is 1.28. The molecule has 1 aliphatic heterocycles. The van der Waals surface area contributed by atoms with Gasteiger partial charge in [0.1, 0.15) is 5.56 Å². The molecule has 2 rings (SSSR count). The van der Waals surface area contributed by atoms with Crippen molar-refractivity contribution in [2.24, 2.45) is 5.92 Å². The van der Waals surface area contributed by atoms with Gasteiger partial charge in [-0.05, 0) is 30.9 Å². The Morgan fingerprint density at radius 1 is 1.59 bits per heavy atom. The quantitative estimate of drug-likeness (QED) is 0.771. The van der Waals surface area contributed by atoms with Gasteiger partial charge in [0, 0.05) is 25.9 Å². The second-order valence-corrected chi connectivity index (χ2v) is 4.35. The molecule has 0 unspecified atom stereocenters. The third kappa shape index (κ3) is 2.55. The first kappa shape index (κ1) is 11.9. The van der Waals surface area contributed by atoms with Crippen LogP contribution < -0.4 is 5.56 Å². The van der Waals surface area contributed by atoms with E-state index in [0.29, 0.717) is 13.1 Å². The molecule has 1 aromatic heterocycles. The Kier molecular flexibility index (Phi) is 3.58. The van der Waals surface area contributed by atoms with Gasteiger partial charge >= 0.3 is 0 Å². The van der Waals surface area contributed by atoms with Crippen LogP contribution in [-0.4, -0.2) is 40.6 Å². The molecule has 5 nitrogen and oxygen atoms in total.